The van der Waals surface area contributed by atoms with Crippen molar-refractivity contribution in [1.82, 2.24) is 5.32 Å². The number of ether oxygens (including phenoxy) is 2. The van der Waals surface area contributed by atoms with Gasteiger partial charge in [-0.3, -0.25) is 9.59 Å². The minimum absolute atomic E-state index is 0.0714. The Labute approximate surface area is 176 Å². The van der Waals surface area contributed by atoms with Crippen LogP contribution in [-0.2, 0) is 14.3 Å². The Bertz CT molecular complexity index is 855. The highest BCUT2D eigenvalue weighted by Crippen LogP contribution is 2.40. The number of hydrogen-bond donors (Lipinski definition) is 1. The third-order valence-electron chi connectivity index (χ3n) is 5.32. The fourth-order valence-electron chi connectivity index (χ4n) is 3.81. The Balaban J connectivity index is 1.94. The number of halogens is 1. The van der Waals surface area contributed by atoms with Crippen LogP contribution in [0.1, 0.15) is 30.9 Å². The Morgan fingerprint density at radius 2 is 1.83 bits per heavy atom. The lowest BCUT2D eigenvalue weighted by atomic mass is 9.83. The molecule has 3 rings (SSSR count). The molecule has 6 nitrogen and oxygen atoms in total. The van der Waals surface area contributed by atoms with E-state index in [2.05, 4.69) is 5.32 Å². The standard InChI is InChI=1S/C23H27FN2O4/c1-29-15-3-14-25-23(28)20-12-13-21(27)26(18-8-10-19(30-2)11-9-18)22(20)16-4-6-17(24)7-5-16/h4-11,20,22H,3,12-15H2,1-2H3,(H,25,28)/t20-,22-/m1/s1. The van der Waals surface area contributed by atoms with E-state index in [0.717, 1.165) is 5.56 Å². The van der Waals surface area contributed by atoms with Crippen molar-refractivity contribution in [2.45, 2.75) is 25.3 Å². The second kappa shape index (κ2) is 10.2. The summed E-state index contributed by atoms with van der Waals surface area (Å²) < 4.78 is 23.8. The van der Waals surface area contributed by atoms with Gasteiger partial charge in [0.05, 0.1) is 19.1 Å². The first-order valence-corrected chi connectivity index (χ1v) is 10.0. The highest BCUT2D eigenvalue weighted by Gasteiger charge is 2.41. The summed E-state index contributed by atoms with van der Waals surface area (Å²) in [5, 5.41) is 2.95. The van der Waals surface area contributed by atoms with Gasteiger partial charge < -0.3 is 19.7 Å². The lowest BCUT2D eigenvalue weighted by Crippen LogP contribution is -2.48. The van der Waals surface area contributed by atoms with Crippen LogP contribution in [0.5, 0.6) is 5.75 Å². The second-order valence-corrected chi connectivity index (χ2v) is 7.24. The molecule has 1 N–H and O–H groups in total. The predicted octanol–water partition coefficient (Wildman–Crippen LogP) is 3.47. The molecule has 0 spiro atoms. The first-order chi connectivity index (χ1) is 14.5. The van der Waals surface area contributed by atoms with Gasteiger partial charge in [-0.05, 0) is 54.8 Å². The summed E-state index contributed by atoms with van der Waals surface area (Å²) in [4.78, 5) is 27.6. The number of methoxy groups -OCH3 is 2. The average Bonchev–Trinajstić information content (AvgIpc) is 2.77. The molecule has 1 fully saturated rings. The van der Waals surface area contributed by atoms with E-state index in [9.17, 15) is 14.0 Å². The zero-order chi connectivity index (χ0) is 21.5. The summed E-state index contributed by atoms with van der Waals surface area (Å²) >= 11 is 0. The fourth-order valence-corrected chi connectivity index (χ4v) is 3.81. The van der Waals surface area contributed by atoms with Crippen molar-refractivity contribution in [3.8, 4) is 5.75 Å². The quantitative estimate of drug-likeness (QED) is 0.672. The summed E-state index contributed by atoms with van der Waals surface area (Å²) in [6, 6.07) is 12.6. The molecule has 0 unspecified atom stereocenters. The van der Waals surface area contributed by atoms with Crippen LogP contribution in [0.4, 0.5) is 10.1 Å². The normalized spacial score (nSPS) is 18.9. The average molecular weight is 414 g/mol. The third kappa shape index (κ3) is 4.97. The minimum Gasteiger partial charge on any atom is -0.497 e. The molecular formula is C23H27FN2O4. The number of nitrogens with zero attached hydrogens (tertiary/aromatic N) is 1. The molecule has 30 heavy (non-hydrogen) atoms. The Morgan fingerprint density at radius 3 is 2.47 bits per heavy atom. The fraction of sp³-hybridized carbons (Fsp3) is 0.391. The van der Waals surface area contributed by atoms with E-state index in [4.69, 9.17) is 9.47 Å². The number of amides is 2. The lowest BCUT2D eigenvalue weighted by Gasteiger charge is -2.41. The maximum absolute atomic E-state index is 13.5. The molecule has 0 aromatic heterocycles. The molecule has 1 heterocycles. The van der Waals surface area contributed by atoms with Gasteiger partial charge >= 0.3 is 0 Å². The zero-order valence-corrected chi connectivity index (χ0v) is 17.3. The van der Waals surface area contributed by atoms with Gasteiger partial charge in [0.1, 0.15) is 11.6 Å². The minimum atomic E-state index is -0.525. The van der Waals surface area contributed by atoms with E-state index in [-0.39, 0.29) is 24.1 Å². The lowest BCUT2D eigenvalue weighted by molar-refractivity contribution is -0.129. The molecule has 0 aliphatic carbocycles. The summed E-state index contributed by atoms with van der Waals surface area (Å²) in [7, 11) is 3.19. The van der Waals surface area contributed by atoms with Crippen LogP contribution >= 0.6 is 0 Å². The molecule has 2 aromatic rings. The molecule has 2 amide bonds. The summed E-state index contributed by atoms with van der Waals surface area (Å²) in [5.41, 5.74) is 1.39. The number of nitrogens with one attached hydrogen (secondary N) is 1. The number of anilines is 1. The molecule has 0 bridgehead atoms. The molecule has 1 aliphatic heterocycles. The van der Waals surface area contributed by atoms with Crippen molar-refractivity contribution in [2.24, 2.45) is 5.92 Å². The summed E-state index contributed by atoms with van der Waals surface area (Å²) in [6.45, 7) is 1.05. The van der Waals surface area contributed by atoms with Crippen LogP contribution in [-0.4, -0.2) is 39.2 Å². The number of carbonyl (C=O) groups is 2. The molecule has 1 saturated heterocycles. The van der Waals surface area contributed by atoms with Crippen molar-refractivity contribution in [3.05, 3.63) is 59.9 Å². The van der Waals surface area contributed by atoms with E-state index in [1.807, 2.05) is 0 Å². The third-order valence-corrected chi connectivity index (χ3v) is 5.32. The van der Waals surface area contributed by atoms with Crippen LogP contribution in [0.3, 0.4) is 0 Å². The van der Waals surface area contributed by atoms with E-state index < -0.39 is 12.0 Å². The van der Waals surface area contributed by atoms with E-state index in [1.165, 1.54) is 12.1 Å². The number of benzene rings is 2. The van der Waals surface area contributed by atoms with Crippen molar-refractivity contribution in [3.63, 3.8) is 0 Å². The zero-order valence-electron chi connectivity index (χ0n) is 17.3. The summed E-state index contributed by atoms with van der Waals surface area (Å²) in [6.07, 6.45) is 1.40. The van der Waals surface area contributed by atoms with Gasteiger partial charge in [-0.15, -0.1) is 0 Å². The van der Waals surface area contributed by atoms with Gasteiger partial charge in [0.2, 0.25) is 11.8 Å². The predicted molar refractivity (Wildman–Crippen MR) is 112 cm³/mol. The maximum atomic E-state index is 13.5. The summed E-state index contributed by atoms with van der Waals surface area (Å²) in [5.74, 6) is -0.325. The molecule has 2 aromatic carbocycles. The van der Waals surface area contributed by atoms with Gasteiger partial charge in [0, 0.05) is 32.4 Å². The Kier molecular flexibility index (Phi) is 7.41. The van der Waals surface area contributed by atoms with Gasteiger partial charge in [-0.25, -0.2) is 4.39 Å². The molecule has 0 radical (unpaired) electrons. The Morgan fingerprint density at radius 1 is 1.13 bits per heavy atom. The smallest absolute Gasteiger partial charge is 0.227 e. The molecule has 0 saturated carbocycles. The number of rotatable bonds is 8. The highest BCUT2D eigenvalue weighted by molar-refractivity contribution is 5.97. The molecule has 1 aliphatic rings. The highest BCUT2D eigenvalue weighted by atomic mass is 19.1. The monoisotopic (exact) mass is 414 g/mol. The van der Waals surface area contributed by atoms with Crippen molar-refractivity contribution in [1.29, 1.82) is 0 Å². The van der Waals surface area contributed by atoms with Crippen LogP contribution in [0.2, 0.25) is 0 Å². The Hall–Kier alpha value is -2.93. The van der Waals surface area contributed by atoms with Gasteiger partial charge in [-0.2, -0.15) is 0 Å². The second-order valence-electron chi connectivity index (χ2n) is 7.24. The topological polar surface area (TPSA) is 67.9 Å². The van der Waals surface area contributed by atoms with Gasteiger partial charge in [0.15, 0.2) is 0 Å². The molecular weight excluding hydrogens is 387 g/mol. The number of carbonyl (C=O) groups excluding carboxylic acids is 2. The van der Waals surface area contributed by atoms with Crippen LogP contribution in [0, 0.1) is 11.7 Å². The number of hydrogen-bond acceptors (Lipinski definition) is 4. The maximum Gasteiger partial charge on any atom is 0.227 e. The van der Waals surface area contributed by atoms with Crippen molar-refractivity contribution in [2.75, 3.05) is 32.3 Å². The largest absolute Gasteiger partial charge is 0.497 e. The molecule has 2 atom stereocenters. The van der Waals surface area contributed by atoms with Gasteiger partial charge in [0.25, 0.3) is 0 Å². The first-order valence-electron chi connectivity index (χ1n) is 10.0. The first kappa shape index (κ1) is 21.8. The van der Waals surface area contributed by atoms with Crippen LogP contribution in [0.25, 0.3) is 0 Å². The van der Waals surface area contributed by atoms with E-state index in [1.54, 1.807) is 55.5 Å². The number of piperidine rings is 1. The van der Waals surface area contributed by atoms with Crippen molar-refractivity contribution >= 4 is 17.5 Å². The SMILES string of the molecule is COCCCNC(=O)[C@@H]1CCC(=O)N(c2ccc(OC)cc2)[C@@H]1c1ccc(F)cc1. The molecule has 7 heteroatoms. The van der Waals surface area contributed by atoms with E-state index >= 15 is 0 Å². The van der Waals surface area contributed by atoms with Crippen molar-refractivity contribution < 1.29 is 23.5 Å². The van der Waals surface area contributed by atoms with Gasteiger partial charge in [-0.1, -0.05) is 12.1 Å². The van der Waals surface area contributed by atoms with Crippen LogP contribution < -0.4 is 15.0 Å². The molecule has 160 valence electrons. The van der Waals surface area contributed by atoms with E-state index in [0.29, 0.717) is 37.4 Å². The van der Waals surface area contributed by atoms with Crippen LogP contribution in [0.15, 0.2) is 48.5 Å².